The molecular weight excluding hydrogens is 502 g/mol. The Morgan fingerprint density at radius 2 is 1.90 bits per heavy atom. The average Bonchev–Trinajstić information content (AvgIpc) is 3.44. The minimum absolute atomic E-state index is 0.111. The number of anilines is 1. The summed E-state index contributed by atoms with van der Waals surface area (Å²) in [4.78, 5) is 25.9. The number of aryl methyl sites for hydroxylation is 1. The van der Waals surface area contributed by atoms with Crippen LogP contribution in [0.15, 0.2) is 73.1 Å². The third kappa shape index (κ3) is 5.85. The number of nitrogens with zero attached hydrogens (tertiary/aromatic N) is 3. The number of aromatic nitrogens is 2. The minimum Gasteiger partial charge on any atom is -0.493 e. The molecule has 2 heterocycles. The van der Waals surface area contributed by atoms with Gasteiger partial charge in [-0.05, 0) is 79.1 Å². The Balaban J connectivity index is 1.26. The molecule has 0 atom stereocenters. The maximum atomic E-state index is 13.3. The fourth-order valence-corrected chi connectivity index (χ4v) is 5.22. The van der Waals surface area contributed by atoms with E-state index in [4.69, 9.17) is 4.74 Å². The Kier molecular flexibility index (Phi) is 8.13. The van der Waals surface area contributed by atoms with Crippen molar-refractivity contribution >= 4 is 23.3 Å². The third-order valence-corrected chi connectivity index (χ3v) is 7.47. The number of benzene rings is 3. The molecule has 7 heteroatoms. The predicted molar refractivity (Wildman–Crippen MR) is 154 cm³/mol. The van der Waals surface area contributed by atoms with E-state index in [-0.39, 0.29) is 5.91 Å². The van der Waals surface area contributed by atoms with Gasteiger partial charge in [0.1, 0.15) is 5.75 Å². The molecule has 0 bridgehead atoms. The van der Waals surface area contributed by atoms with Gasteiger partial charge in [-0.25, -0.2) is 4.79 Å². The number of hydrogen-bond acceptors (Lipinski definition) is 4. The second-order valence-corrected chi connectivity index (χ2v) is 10.2. The summed E-state index contributed by atoms with van der Waals surface area (Å²) in [5.41, 5.74) is 7.67. The van der Waals surface area contributed by atoms with Crippen LogP contribution in [-0.2, 0) is 27.7 Å². The van der Waals surface area contributed by atoms with Crippen LogP contribution in [0.25, 0.3) is 16.9 Å². The van der Waals surface area contributed by atoms with Gasteiger partial charge in [0, 0.05) is 36.0 Å². The van der Waals surface area contributed by atoms with Crippen LogP contribution in [0.2, 0.25) is 0 Å². The summed E-state index contributed by atoms with van der Waals surface area (Å²) in [6.45, 7) is 5.79. The molecule has 1 aliphatic heterocycles. The molecule has 0 N–H and O–H groups in total. The Morgan fingerprint density at radius 1 is 1.07 bits per heavy atom. The van der Waals surface area contributed by atoms with Crippen LogP contribution in [-0.4, -0.2) is 34.8 Å². The van der Waals surface area contributed by atoms with Crippen LogP contribution in [0.4, 0.5) is 5.69 Å². The normalized spacial score (nSPS) is 12.5. The van der Waals surface area contributed by atoms with Crippen LogP contribution in [0.1, 0.15) is 47.1 Å². The van der Waals surface area contributed by atoms with Crippen molar-refractivity contribution in [2.75, 3.05) is 18.1 Å². The Bertz CT molecular complexity index is 1580. The largest absolute Gasteiger partial charge is 0.493 e. The number of ether oxygens (including phenoxy) is 1. The molecule has 203 valence electrons. The summed E-state index contributed by atoms with van der Waals surface area (Å²) in [6, 6.07) is 19.1. The zero-order chi connectivity index (χ0) is 28.1. The summed E-state index contributed by atoms with van der Waals surface area (Å²) in [6.07, 6.45) is 6.68. The molecule has 0 saturated heterocycles. The number of carbonyl (C=O) groups is 1. The van der Waals surface area contributed by atoms with E-state index in [1.165, 1.54) is 11.5 Å². The maximum absolute atomic E-state index is 13.3. The van der Waals surface area contributed by atoms with Crippen molar-refractivity contribution in [3.05, 3.63) is 101 Å². The summed E-state index contributed by atoms with van der Waals surface area (Å²) < 4.78 is 7.77. The first-order valence-electron chi connectivity index (χ1n) is 13.6. The lowest BCUT2D eigenvalue weighted by Gasteiger charge is -2.31. The molecule has 1 radical (unpaired) electrons. The highest BCUT2D eigenvalue weighted by atomic mass is 16.5. The Hall–Kier alpha value is -4.61. The topological polar surface area (TPSA) is 84.3 Å². The number of amides is 1. The van der Waals surface area contributed by atoms with E-state index in [1.54, 1.807) is 18.2 Å². The smallest absolute Gasteiger partial charge is 0.268 e. The van der Waals surface area contributed by atoms with Gasteiger partial charge in [0.15, 0.2) is 5.94 Å². The molecule has 1 amide bonds. The molecular formula is C33H32N3O4. The lowest BCUT2D eigenvalue weighted by molar-refractivity contribution is -0.118. The van der Waals surface area contributed by atoms with Gasteiger partial charge in [-0.15, -0.1) is 0 Å². The monoisotopic (exact) mass is 534 g/mol. The van der Waals surface area contributed by atoms with Gasteiger partial charge >= 0.3 is 0 Å². The van der Waals surface area contributed by atoms with Crippen molar-refractivity contribution in [2.45, 2.75) is 46.1 Å². The molecule has 0 aliphatic carbocycles. The Labute approximate surface area is 234 Å². The first kappa shape index (κ1) is 27.0. The van der Waals surface area contributed by atoms with E-state index >= 15 is 0 Å². The number of carbonyl (C=O) groups excluding carboxylic acids is 2. The van der Waals surface area contributed by atoms with Crippen molar-refractivity contribution in [3.63, 3.8) is 0 Å². The van der Waals surface area contributed by atoms with E-state index < -0.39 is 5.76 Å². The lowest BCUT2D eigenvalue weighted by Crippen LogP contribution is -2.35. The van der Waals surface area contributed by atoms with E-state index in [2.05, 4.69) is 31.1 Å². The fraction of sp³-hybridized carbons (Fsp3) is 0.273. The molecule has 4 aromatic rings. The first-order valence-corrected chi connectivity index (χ1v) is 13.6. The van der Waals surface area contributed by atoms with E-state index in [0.717, 1.165) is 52.1 Å². The lowest BCUT2D eigenvalue weighted by atomic mass is 9.93. The van der Waals surface area contributed by atoms with Crippen LogP contribution in [0, 0.1) is 13.8 Å². The SMILES string of the molecule is Cc1cccc(OCCCC(=O)N2CCCc3c(-c4cnn(Cc5cccc(C([O])=C=O)c5)c4)cccc32)c1C. The van der Waals surface area contributed by atoms with Crippen molar-refractivity contribution < 1.29 is 19.4 Å². The van der Waals surface area contributed by atoms with Crippen LogP contribution >= 0.6 is 0 Å². The summed E-state index contributed by atoms with van der Waals surface area (Å²) in [5.74, 6) is 1.75. The summed E-state index contributed by atoms with van der Waals surface area (Å²) in [7, 11) is 0. The highest BCUT2D eigenvalue weighted by Crippen LogP contribution is 2.36. The quantitative estimate of drug-likeness (QED) is 0.151. The van der Waals surface area contributed by atoms with Crippen LogP contribution in [0.5, 0.6) is 5.75 Å². The van der Waals surface area contributed by atoms with Gasteiger partial charge in [0.05, 0.1) is 19.3 Å². The number of hydrogen-bond donors (Lipinski definition) is 0. The van der Waals surface area contributed by atoms with E-state index in [1.807, 2.05) is 52.3 Å². The molecule has 5 rings (SSSR count). The van der Waals surface area contributed by atoms with Gasteiger partial charge in [0.2, 0.25) is 5.91 Å². The summed E-state index contributed by atoms with van der Waals surface area (Å²) in [5, 5.41) is 16.2. The highest BCUT2D eigenvalue weighted by Gasteiger charge is 2.24. The van der Waals surface area contributed by atoms with Crippen molar-refractivity contribution in [1.82, 2.24) is 9.78 Å². The van der Waals surface area contributed by atoms with Crippen molar-refractivity contribution in [3.8, 4) is 16.9 Å². The van der Waals surface area contributed by atoms with E-state index in [9.17, 15) is 14.7 Å². The van der Waals surface area contributed by atoms with Crippen LogP contribution < -0.4 is 9.64 Å². The molecule has 1 aliphatic rings. The summed E-state index contributed by atoms with van der Waals surface area (Å²) >= 11 is 0. The fourth-order valence-electron chi connectivity index (χ4n) is 5.22. The predicted octanol–water partition coefficient (Wildman–Crippen LogP) is 5.96. The average molecular weight is 535 g/mol. The molecule has 0 spiro atoms. The van der Waals surface area contributed by atoms with Gasteiger partial charge in [-0.2, -0.15) is 5.10 Å². The van der Waals surface area contributed by atoms with Gasteiger partial charge < -0.3 is 9.64 Å². The van der Waals surface area contributed by atoms with Gasteiger partial charge in [-0.3, -0.25) is 14.6 Å². The molecule has 0 saturated carbocycles. The second kappa shape index (κ2) is 12.1. The van der Waals surface area contributed by atoms with Gasteiger partial charge in [-0.1, -0.05) is 42.5 Å². The standard InChI is InChI=1S/C33H32N3O4/c1-23-8-3-14-32(24(23)2)40-17-7-15-33(39)36-16-6-12-29-28(11-5-13-30(29)36)27-19-34-35(21-27)20-25-9-4-10-26(18-25)31(38)22-37/h3-5,8-11,13-14,18-19,21H,6-7,12,15-17,20H2,1-2H3. The van der Waals surface area contributed by atoms with Gasteiger partial charge in [0.25, 0.3) is 5.76 Å². The number of fused-ring (bicyclic) bond motifs is 1. The number of rotatable bonds is 9. The molecule has 0 fully saturated rings. The maximum Gasteiger partial charge on any atom is 0.268 e. The molecule has 40 heavy (non-hydrogen) atoms. The minimum atomic E-state index is -0.660. The molecule has 0 unspecified atom stereocenters. The highest BCUT2D eigenvalue weighted by molar-refractivity contribution is 5.96. The Morgan fingerprint density at radius 3 is 2.75 bits per heavy atom. The molecule has 7 nitrogen and oxygen atoms in total. The van der Waals surface area contributed by atoms with Crippen molar-refractivity contribution in [2.24, 2.45) is 0 Å². The second-order valence-electron chi connectivity index (χ2n) is 10.2. The molecule has 1 aromatic heterocycles. The van der Waals surface area contributed by atoms with Crippen molar-refractivity contribution in [1.29, 1.82) is 0 Å². The first-order chi connectivity index (χ1) is 19.4. The third-order valence-electron chi connectivity index (χ3n) is 7.47. The van der Waals surface area contributed by atoms with E-state index in [0.29, 0.717) is 38.1 Å². The zero-order valence-corrected chi connectivity index (χ0v) is 22.9. The molecule has 3 aromatic carbocycles. The van der Waals surface area contributed by atoms with Crippen LogP contribution in [0.3, 0.4) is 0 Å². The zero-order valence-electron chi connectivity index (χ0n) is 22.9.